The van der Waals surface area contributed by atoms with Gasteiger partial charge in [-0.05, 0) is 31.0 Å². The number of benzene rings is 1. The van der Waals surface area contributed by atoms with Crippen molar-refractivity contribution in [1.82, 2.24) is 0 Å². The van der Waals surface area contributed by atoms with Gasteiger partial charge in [-0.15, -0.1) is 0 Å². The van der Waals surface area contributed by atoms with Gasteiger partial charge >= 0.3 is 5.97 Å². The molecule has 2 rings (SSSR count). The van der Waals surface area contributed by atoms with E-state index in [1.165, 1.54) is 0 Å². The van der Waals surface area contributed by atoms with Crippen LogP contribution in [0.1, 0.15) is 26.2 Å². The fraction of sp³-hybridized carbons (Fsp3) is 0.353. The molecule has 122 valence electrons. The van der Waals surface area contributed by atoms with E-state index in [1.54, 1.807) is 37.3 Å². The van der Waals surface area contributed by atoms with Gasteiger partial charge in [0.1, 0.15) is 0 Å². The first-order valence-corrected chi connectivity index (χ1v) is 7.60. The Bertz CT molecular complexity index is 639. The van der Waals surface area contributed by atoms with Gasteiger partial charge in [0, 0.05) is 17.8 Å². The molecule has 1 aromatic rings. The van der Waals surface area contributed by atoms with Crippen LogP contribution < -0.4 is 10.6 Å². The molecular weight excluding hydrogens is 296 g/mol. The third-order valence-electron chi connectivity index (χ3n) is 3.82. The maximum absolute atomic E-state index is 12.4. The quantitative estimate of drug-likeness (QED) is 0.728. The monoisotopic (exact) mass is 316 g/mol. The number of aliphatic carboxylic acids is 1. The maximum Gasteiger partial charge on any atom is 0.307 e. The van der Waals surface area contributed by atoms with Crippen molar-refractivity contribution in [1.29, 1.82) is 0 Å². The lowest BCUT2D eigenvalue weighted by molar-refractivity contribution is -0.146. The first-order chi connectivity index (χ1) is 11.0. The molecule has 0 aromatic heterocycles. The summed E-state index contributed by atoms with van der Waals surface area (Å²) in [5.74, 6) is -2.69. The van der Waals surface area contributed by atoms with Gasteiger partial charge in [0.15, 0.2) is 0 Å². The number of carbonyl (C=O) groups is 3. The van der Waals surface area contributed by atoms with E-state index >= 15 is 0 Å². The summed E-state index contributed by atoms with van der Waals surface area (Å²) >= 11 is 0. The number of carboxylic acids is 1. The number of rotatable bonds is 5. The van der Waals surface area contributed by atoms with E-state index in [0.29, 0.717) is 30.6 Å². The molecule has 2 amide bonds. The topological polar surface area (TPSA) is 95.5 Å². The van der Waals surface area contributed by atoms with Crippen molar-refractivity contribution >= 4 is 29.2 Å². The Hall–Kier alpha value is -2.63. The summed E-state index contributed by atoms with van der Waals surface area (Å²) < 4.78 is 0. The van der Waals surface area contributed by atoms with Crippen LogP contribution in [-0.2, 0) is 14.4 Å². The maximum atomic E-state index is 12.4. The zero-order valence-electron chi connectivity index (χ0n) is 12.9. The molecule has 0 saturated carbocycles. The number of hydrogen-bond donors (Lipinski definition) is 3. The van der Waals surface area contributed by atoms with Crippen molar-refractivity contribution in [3.8, 4) is 0 Å². The molecule has 0 aliphatic heterocycles. The zero-order valence-corrected chi connectivity index (χ0v) is 12.9. The van der Waals surface area contributed by atoms with E-state index in [0.717, 1.165) is 0 Å². The van der Waals surface area contributed by atoms with Gasteiger partial charge in [-0.2, -0.15) is 0 Å². The standard InChI is InChI=1S/C17H20N2O4/c1-2-15(20)18-11-6-5-7-12(10-11)19-16(21)13-8-3-4-9-14(13)17(22)23/h3-7,10,13-14H,2,8-9H2,1H3,(H,18,20)(H,19,21)(H,22,23)/t13-,14-/m1/s1. The van der Waals surface area contributed by atoms with E-state index in [-0.39, 0.29) is 11.8 Å². The number of carboxylic acid groups (broad SMARTS) is 1. The first-order valence-electron chi connectivity index (χ1n) is 7.60. The second kappa shape index (κ2) is 7.58. The minimum absolute atomic E-state index is 0.114. The smallest absolute Gasteiger partial charge is 0.307 e. The molecule has 0 unspecified atom stereocenters. The Morgan fingerprint density at radius 2 is 1.70 bits per heavy atom. The highest BCUT2D eigenvalue weighted by atomic mass is 16.4. The molecule has 0 radical (unpaired) electrons. The van der Waals surface area contributed by atoms with Crippen LogP contribution in [-0.4, -0.2) is 22.9 Å². The van der Waals surface area contributed by atoms with Crippen molar-refractivity contribution < 1.29 is 19.5 Å². The van der Waals surface area contributed by atoms with Gasteiger partial charge in [-0.3, -0.25) is 14.4 Å². The lowest BCUT2D eigenvalue weighted by atomic mass is 9.82. The number of amides is 2. The molecule has 0 fully saturated rings. The van der Waals surface area contributed by atoms with E-state index < -0.39 is 17.8 Å². The van der Waals surface area contributed by atoms with Crippen molar-refractivity contribution in [3.05, 3.63) is 36.4 Å². The Morgan fingerprint density at radius 1 is 1.09 bits per heavy atom. The Kier molecular flexibility index (Phi) is 5.51. The van der Waals surface area contributed by atoms with Crippen LogP contribution in [0.15, 0.2) is 36.4 Å². The molecule has 6 heteroatoms. The normalized spacial score (nSPS) is 19.9. The number of hydrogen-bond acceptors (Lipinski definition) is 3. The van der Waals surface area contributed by atoms with E-state index in [1.807, 2.05) is 6.08 Å². The molecular formula is C17H20N2O4. The van der Waals surface area contributed by atoms with Crippen LogP contribution in [0, 0.1) is 11.8 Å². The van der Waals surface area contributed by atoms with Gasteiger partial charge in [-0.1, -0.05) is 25.1 Å². The van der Waals surface area contributed by atoms with Crippen molar-refractivity contribution in [2.45, 2.75) is 26.2 Å². The highest BCUT2D eigenvalue weighted by molar-refractivity contribution is 5.96. The first kappa shape index (κ1) is 16.7. The van der Waals surface area contributed by atoms with Crippen LogP contribution in [0.4, 0.5) is 11.4 Å². The number of allylic oxidation sites excluding steroid dienone is 2. The third-order valence-corrected chi connectivity index (χ3v) is 3.82. The Labute approximate surface area is 134 Å². The number of nitrogens with one attached hydrogen (secondary N) is 2. The third kappa shape index (κ3) is 4.42. The Balaban J connectivity index is 2.07. The van der Waals surface area contributed by atoms with E-state index in [2.05, 4.69) is 10.6 Å². The predicted octanol–water partition coefficient (Wildman–Crippen LogP) is 2.64. The number of anilines is 2. The van der Waals surface area contributed by atoms with E-state index in [4.69, 9.17) is 0 Å². The average molecular weight is 316 g/mol. The van der Waals surface area contributed by atoms with Crippen molar-refractivity contribution in [2.75, 3.05) is 10.6 Å². The second-order valence-electron chi connectivity index (χ2n) is 5.47. The highest BCUT2D eigenvalue weighted by Crippen LogP contribution is 2.27. The molecule has 1 aliphatic rings. The van der Waals surface area contributed by atoms with Crippen LogP contribution in [0.5, 0.6) is 0 Å². The van der Waals surface area contributed by atoms with Gasteiger partial charge < -0.3 is 15.7 Å². The fourth-order valence-electron chi connectivity index (χ4n) is 2.54. The minimum atomic E-state index is -0.960. The van der Waals surface area contributed by atoms with Crippen LogP contribution in [0.2, 0.25) is 0 Å². The van der Waals surface area contributed by atoms with Crippen LogP contribution >= 0.6 is 0 Å². The molecule has 0 spiro atoms. The summed E-state index contributed by atoms with van der Waals surface area (Å²) in [6.45, 7) is 1.75. The van der Waals surface area contributed by atoms with Crippen LogP contribution in [0.25, 0.3) is 0 Å². The number of carbonyl (C=O) groups excluding carboxylic acids is 2. The van der Waals surface area contributed by atoms with Crippen molar-refractivity contribution in [3.63, 3.8) is 0 Å². The van der Waals surface area contributed by atoms with Gasteiger partial charge in [0.05, 0.1) is 11.8 Å². The summed E-state index contributed by atoms with van der Waals surface area (Å²) in [7, 11) is 0. The molecule has 1 aliphatic carbocycles. The summed E-state index contributed by atoms with van der Waals surface area (Å²) in [6.07, 6.45) is 4.77. The SMILES string of the molecule is CCC(=O)Nc1cccc(NC(=O)[C@@H]2CC=CC[C@H]2C(=O)O)c1. The fourth-order valence-corrected chi connectivity index (χ4v) is 2.54. The van der Waals surface area contributed by atoms with E-state index in [9.17, 15) is 19.5 Å². The summed E-state index contributed by atoms with van der Waals surface area (Å²) in [5, 5.41) is 14.7. The molecule has 1 aromatic carbocycles. The molecule has 0 heterocycles. The second-order valence-corrected chi connectivity index (χ2v) is 5.47. The van der Waals surface area contributed by atoms with Gasteiger partial charge in [0.2, 0.25) is 11.8 Å². The molecule has 0 saturated heterocycles. The summed E-state index contributed by atoms with van der Waals surface area (Å²) in [5.41, 5.74) is 1.12. The molecule has 6 nitrogen and oxygen atoms in total. The minimum Gasteiger partial charge on any atom is -0.481 e. The van der Waals surface area contributed by atoms with Gasteiger partial charge in [-0.25, -0.2) is 0 Å². The van der Waals surface area contributed by atoms with Gasteiger partial charge in [0.25, 0.3) is 0 Å². The molecule has 23 heavy (non-hydrogen) atoms. The molecule has 2 atom stereocenters. The molecule has 0 bridgehead atoms. The highest BCUT2D eigenvalue weighted by Gasteiger charge is 2.33. The summed E-state index contributed by atoms with van der Waals surface area (Å²) in [4.78, 5) is 35.1. The summed E-state index contributed by atoms with van der Waals surface area (Å²) in [6, 6.07) is 6.80. The largest absolute Gasteiger partial charge is 0.481 e. The zero-order chi connectivity index (χ0) is 16.8. The lowest BCUT2D eigenvalue weighted by Crippen LogP contribution is -2.34. The lowest BCUT2D eigenvalue weighted by Gasteiger charge is -2.24. The predicted molar refractivity (Wildman–Crippen MR) is 87.0 cm³/mol. The van der Waals surface area contributed by atoms with Crippen molar-refractivity contribution in [2.24, 2.45) is 11.8 Å². The van der Waals surface area contributed by atoms with Crippen LogP contribution in [0.3, 0.4) is 0 Å². The molecule has 3 N–H and O–H groups in total. The average Bonchev–Trinajstić information content (AvgIpc) is 2.55. The Morgan fingerprint density at radius 3 is 2.30 bits per heavy atom.